The number of barbiturate groups is 1. The van der Waals surface area contributed by atoms with Crippen LogP contribution in [0.5, 0.6) is 11.5 Å². The Labute approximate surface area is 216 Å². The highest BCUT2D eigenvalue weighted by Crippen LogP contribution is 2.36. The zero-order valence-electron chi connectivity index (χ0n) is 18.9. The highest BCUT2D eigenvalue weighted by molar-refractivity contribution is 6.40. The number of halogens is 3. The number of carbonyl (C=O) groups excluding carboxylic acids is 3. The Hall–Kier alpha value is -3.88. The first-order valence-corrected chi connectivity index (χ1v) is 11.5. The van der Waals surface area contributed by atoms with Crippen molar-refractivity contribution < 1.29 is 28.2 Å². The van der Waals surface area contributed by atoms with E-state index in [0.29, 0.717) is 23.5 Å². The van der Waals surface area contributed by atoms with Gasteiger partial charge in [0.25, 0.3) is 11.8 Å². The molecule has 10 heteroatoms. The second-order valence-corrected chi connectivity index (χ2v) is 8.43. The minimum Gasteiger partial charge on any atom is -0.494 e. The molecule has 3 aromatic carbocycles. The van der Waals surface area contributed by atoms with E-state index in [1.165, 1.54) is 42.5 Å². The minimum atomic E-state index is -0.872. The molecule has 0 aromatic heterocycles. The van der Waals surface area contributed by atoms with Crippen LogP contribution < -0.4 is 19.7 Å². The topological polar surface area (TPSA) is 84.9 Å². The summed E-state index contributed by atoms with van der Waals surface area (Å²) in [5.74, 6) is -1.33. The zero-order valence-corrected chi connectivity index (χ0v) is 20.4. The lowest BCUT2D eigenvalue weighted by atomic mass is 10.1. The predicted octanol–water partition coefficient (Wildman–Crippen LogP) is 5.78. The van der Waals surface area contributed by atoms with Gasteiger partial charge in [-0.15, -0.1) is 0 Å². The normalized spacial score (nSPS) is 14.7. The number of nitrogens with one attached hydrogen (secondary N) is 1. The van der Waals surface area contributed by atoms with E-state index in [4.69, 9.17) is 32.7 Å². The molecule has 0 atom stereocenters. The summed E-state index contributed by atoms with van der Waals surface area (Å²) in [5.41, 5.74) is 0.889. The van der Waals surface area contributed by atoms with E-state index in [0.717, 1.165) is 4.90 Å². The third kappa shape index (κ3) is 5.50. The monoisotopic (exact) mass is 528 g/mol. The third-order valence-corrected chi connectivity index (χ3v) is 5.67. The van der Waals surface area contributed by atoms with E-state index in [2.05, 4.69) is 5.32 Å². The van der Waals surface area contributed by atoms with Crippen LogP contribution in [0.25, 0.3) is 6.08 Å². The molecule has 1 saturated heterocycles. The van der Waals surface area contributed by atoms with Gasteiger partial charge in [0.2, 0.25) is 0 Å². The molecule has 1 N–H and O–H groups in total. The number of urea groups is 1. The van der Waals surface area contributed by atoms with Crippen molar-refractivity contribution >= 4 is 52.8 Å². The summed E-state index contributed by atoms with van der Waals surface area (Å²) in [4.78, 5) is 38.8. The van der Waals surface area contributed by atoms with Gasteiger partial charge in [-0.25, -0.2) is 14.1 Å². The van der Waals surface area contributed by atoms with Crippen LogP contribution in [0.4, 0.5) is 14.9 Å². The van der Waals surface area contributed by atoms with Crippen molar-refractivity contribution in [3.05, 3.63) is 93.2 Å². The fourth-order valence-corrected chi connectivity index (χ4v) is 4.11. The molecule has 0 unspecified atom stereocenters. The number of rotatable bonds is 7. The quantitative estimate of drug-likeness (QED) is 0.310. The Morgan fingerprint density at radius 1 is 0.972 bits per heavy atom. The maximum atomic E-state index is 13.4. The smallest absolute Gasteiger partial charge is 0.335 e. The number of benzene rings is 3. The molecule has 0 spiro atoms. The van der Waals surface area contributed by atoms with Crippen LogP contribution >= 0.6 is 23.2 Å². The second kappa shape index (κ2) is 10.8. The van der Waals surface area contributed by atoms with Gasteiger partial charge in [0.1, 0.15) is 23.7 Å². The number of ether oxygens (including phenoxy) is 2. The van der Waals surface area contributed by atoms with Crippen LogP contribution in [0.3, 0.4) is 0 Å². The number of carbonyl (C=O) groups is 3. The van der Waals surface area contributed by atoms with Crippen molar-refractivity contribution in [2.75, 3.05) is 11.5 Å². The first-order chi connectivity index (χ1) is 17.3. The number of nitrogens with zero attached hydrogens (tertiary/aromatic N) is 1. The van der Waals surface area contributed by atoms with Crippen LogP contribution in [-0.4, -0.2) is 24.5 Å². The Bertz CT molecular complexity index is 1350. The molecule has 1 aliphatic rings. The van der Waals surface area contributed by atoms with E-state index in [1.807, 2.05) is 6.92 Å². The lowest BCUT2D eigenvalue weighted by Crippen LogP contribution is -2.54. The Morgan fingerprint density at radius 2 is 1.67 bits per heavy atom. The van der Waals surface area contributed by atoms with E-state index >= 15 is 0 Å². The van der Waals surface area contributed by atoms with Gasteiger partial charge in [0, 0.05) is 0 Å². The van der Waals surface area contributed by atoms with Crippen molar-refractivity contribution in [2.24, 2.45) is 0 Å². The number of amides is 4. The molecular formula is C26H19Cl2FN2O5. The number of imide groups is 2. The minimum absolute atomic E-state index is 0.0255. The van der Waals surface area contributed by atoms with Gasteiger partial charge < -0.3 is 9.47 Å². The van der Waals surface area contributed by atoms with Crippen LogP contribution in [0, 0.1) is 5.82 Å². The van der Waals surface area contributed by atoms with Crippen molar-refractivity contribution in [1.82, 2.24) is 5.32 Å². The highest BCUT2D eigenvalue weighted by atomic mass is 35.5. The number of anilines is 1. The molecule has 1 heterocycles. The first kappa shape index (κ1) is 25.2. The average molecular weight is 529 g/mol. The third-order valence-electron chi connectivity index (χ3n) is 5.11. The Morgan fingerprint density at radius 3 is 2.31 bits per heavy atom. The first-order valence-electron chi connectivity index (χ1n) is 10.8. The molecule has 36 heavy (non-hydrogen) atoms. The summed E-state index contributed by atoms with van der Waals surface area (Å²) in [5, 5.41) is 2.40. The SMILES string of the molecule is CCOc1ccc(N2C(=O)NC(=O)/C(=C\c3cc(Cl)c(OCc4cccc(F)c4)c(Cl)c3)C2=O)cc1. The summed E-state index contributed by atoms with van der Waals surface area (Å²) in [6, 6.07) is 14.2. The number of hydrogen-bond acceptors (Lipinski definition) is 5. The fraction of sp³-hybridized carbons (Fsp3) is 0.115. The van der Waals surface area contributed by atoms with Crippen LogP contribution in [0.2, 0.25) is 10.0 Å². The molecule has 4 rings (SSSR count). The van der Waals surface area contributed by atoms with Gasteiger partial charge >= 0.3 is 6.03 Å². The van der Waals surface area contributed by atoms with Gasteiger partial charge in [0.15, 0.2) is 5.75 Å². The second-order valence-electron chi connectivity index (χ2n) is 7.62. The van der Waals surface area contributed by atoms with Crippen LogP contribution in [0.15, 0.2) is 66.2 Å². The zero-order chi connectivity index (χ0) is 25.8. The molecule has 0 saturated carbocycles. The fourth-order valence-electron chi connectivity index (χ4n) is 3.50. The van der Waals surface area contributed by atoms with Gasteiger partial charge in [-0.1, -0.05) is 35.3 Å². The molecule has 1 aliphatic heterocycles. The lowest BCUT2D eigenvalue weighted by molar-refractivity contribution is -0.122. The summed E-state index contributed by atoms with van der Waals surface area (Å²) < 4.78 is 24.4. The van der Waals surface area contributed by atoms with E-state index in [9.17, 15) is 18.8 Å². The Kier molecular flexibility index (Phi) is 7.57. The molecule has 184 valence electrons. The van der Waals surface area contributed by atoms with Gasteiger partial charge in [-0.3, -0.25) is 14.9 Å². The summed E-state index contributed by atoms with van der Waals surface area (Å²) in [6.45, 7) is 2.32. The Balaban J connectivity index is 1.58. The van der Waals surface area contributed by atoms with Gasteiger partial charge in [-0.05, 0) is 72.7 Å². The van der Waals surface area contributed by atoms with Gasteiger partial charge in [-0.2, -0.15) is 0 Å². The predicted molar refractivity (Wildman–Crippen MR) is 134 cm³/mol. The van der Waals surface area contributed by atoms with E-state index < -0.39 is 23.7 Å². The highest BCUT2D eigenvalue weighted by Gasteiger charge is 2.36. The molecule has 7 nitrogen and oxygen atoms in total. The molecule has 3 aromatic rings. The summed E-state index contributed by atoms with van der Waals surface area (Å²) >= 11 is 12.7. The number of hydrogen-bond donors (Lipinski definition) is 1. The maximum absolute atomic E-state index is 13.4. The van der Waals surface area contributed by atoms with Crippen LogP contribution in [0.1, 0.15) is 18.1 Å². The molecule has 0 radical (unpaired) electrons. The van der Waals surface area contributed by atoms with Crippen molar-refractivity contribution in [3.8, 4) is 11.5 Å². The van der Waals surface area contributed by atoms with Gasteiger partial charge in [0.05, 0.1) is 22.3 Å². The largest absolute Gasteiger partial charge is 0.494 e. The average Bonchev–Trinajstić information content (AvgIpc) is 2.82. The molecular weight excluding hydrogens is 510 g/mol. The molecule has 0 aliphatic carbocycles. The maximum Gasteiger partial charge on any atom is 0.335 e. The van der Waals surface area contributed by atoms with Crippen LogP contribution in [-0.2, 0) is 16.2 Å². The standard InChI is InChI=1S/C26H19Cl2FN2O5/c1-2-35-19-8-6-18(7-9-19)31-25(33)20(24(32)30-26(31)34)11-16-12-21(27)23(22(28)13-16)36-14-15-4-3-5-17(29)10-15/h3-13H,2,14H2,1H3,(H,30,32,34)/b20-11+. The van der Waals surface area contributed by atoms with Crippen molar-refractivity contribution in [1.29, 1.82) is 0 Å². The van der Waals surface area contributed by atoms with Crippen molar-refractivity contribution in [2.45, 2.75) is 13.5 Å². The summed E-state index contributed by atoms with van der Waals surface area (Å²) in [7, 11) is 0. The molecule has 0 bridgehead atoms. The lowest BCUT2D eigenvalue weighted by Gasteiger charge is -2.26. The van der Waals surface area contributed by atoms with Crippen molar-refractivity contribution in [3.63, 3.8) is 0 Å². The molecule has 1 fully saturated rings. The van der Waals surface area contributed by atoms with E-state index in [1.54, 1.807) is 24.3 Å². The summed E-state index contributed by atoms with van der Waals surface area (Å²) in [6.07, 6.45) is 1.28. The molecule has 4 amide bonds. The van der Waals surface area contributed by atoms with E-state index in [-0.39, 0.29) is 33.7 Å².